The van der Waals surface area contributed by atoms with Crippen LogP contribution in [0.25, 0.3) is 0 Å². The molecule has 0 saturated heterocycles. The van der Waals surface area contributed by atoms with Crippen molar-refractivity contribution in [2.24, 2.45) is 11.5 Å². The number of hydrogen-bond acceptors (Lipinski definition) is 3. The molecule has 4 N–H and O–H groups in total. The molecule has 0 heterocycles. The number of carbonyl (C=O) groups is 1. The van der Waals surface area contributed by atoms with E-state index in [2.05, 4.69) is 0 Å². The number of nitrogens with two attached hydrogens (primary N) is 2. The summed E-state index contributed by atoms with van der Waals surface area (Å²) in [5.41, 5.74) is 12.3. The fourth-order valence-corrected chi connectivity index (χ4v) is 1.98. The Labute approximate surface area is 122 Å². The van der Waals surface area contributed by atoms with Crippen LogP contribution < -0.4 is 16.2 Å². The molecule has 20 heavy (non-hydrogen) atoms. The van der Waals surface area contributed by atoms with Gasteiger partial charge in [-0.05, 0) is 29.8 Å². The summed E-state index contributed by atoms with van der Waals surface area (Å²) in [6.07, 6.45) is -0.368. The van der Waals surface area contributed by atoms with E-state index in [0.29, 0.717) is 16.3 Å². The van der Waals surface area contributed by atoms with E-state index in [1.807, 2.05) is 12.1 Å². The Kier molecular flexibility index (Phi) is 4.61. The molecule has 4 nitrogen and oxygen atoms in total. The van der Waals surface area contributed by atoms with Gasteiger partial charge in [-0.2, -0.15) is 0 Å². The van der Waals surface area contributed by atoms with Crippen LogP contribution in [0.5, 0.6) is 5.75 Å². The Morgan fingerprint density at radius 1 is 1.15 bits per heavy atom. The Balaban J connectivity index is 2.27. The van der Waals surface area contributed by atoms with Crippen LogP contribution in [-0.4, -0.2) is 12.5 Å². The first-order valence-electron chi connectivity index (χ1n) is 6.13. The van der Waals surface area contributed by atoms with Crippen molar-refractivity contribution in [3.05, 3.63) is 64.7 Å². The van der Waals surface area contributed by atoms with Gasteiger partial charge in [-0.1, -0.05) is 35.9 Å². The van der Waals surface area contributed by atoms with Gasteiger partial charge < -0.3 is 16.2 Å². The molecule has 104 valence electrons. The van der Waals surface area contributed by atoms with E-state index in [1.54, 1.807) is 36.4 Å². The third-order valence-electron chi connectivity index (χ3n) is 2.88. The maximum atomic E-state index is 11.4. The highest BCUT2D eigenvalue weighted by Gasteiger charge is 2.15. The summed E-state index contributed by atoms with van der Waals surface area (Å²) in [6.45, 7) is 0.273. The molecule has 0 saturated carbocycles. The third kappa shape index (κ3) is 3.29. The molecule has 2 rings (SSSR count). The van der Waals surface area contributed by atoms with Gasteiger partial charge in [0, 0.05) is 11.6 Å². The van der Waals surface area contributed by atoms with Crippen LogP contribution >= 0.6 is 11.6 Å². The average molecular weight is 291 g/mol. The van der Waals surface area contributed by atoms with Gasteiger partial charge >= 0.3 is 0 Å². The number of benzene rings is 2. The number of halogens is 1. The lowest BCUT2D eigenvalue weighted by Gasteiger charge is -2.19. The van der Waals surface area contributed by atoms with Crippen molar-refractivity contribution in [1.29, 1.82) is 0 Å². The summed E-state index contributed by atoms with van der Waals surface area (Å²) in [5, 5.41) is 0.641. The second kappa shape index (κ2) is 6.41. The molecule has 0 aliphatic carbocycles. The van der Waals surface area contributed by atoms with Crippen molar-refractivity contribution in [2.45, 2.75) is 6.10 Å². The molecule has 0 fully saturated rings. The largest absolute Gasteiger partial charge is 0.484 e. The molecule has 0 bridgehead atoms. The summed E-state index contributed by atoms with van der Waals surface area (Å²) in [4.78, 5) is 11.4. The SMILES string of the molecule is NCC(Oc1ccccc1C(N)=O)c1ccc(Cl)cc1. The van der Waals surface area contributed by atoms with Crippen molar-refractivity contribution in [1.82, 2.24) is 0 Å². The molecule has 0 spiro atoms. The van der Waals surface area contributed by atoms with Gasteiger partial charge in [0.2, 0.25) is 0 Å². The molecule has 1 unspecified atom stereocenters. The zero-order valence-corrected chi connectivity index (χ0v) is 11.5. The van der Waals surface area contributed by atoms with Crippen molar-refractivity contribution in [3.8, 4) is 5.75 Å². The van der Waals surface area contributed by atoms with E-state index in [4.69, 9.17) is 27.8 Å². The minimum atomic E-state index is -0.535. The highest BCUT2D eigenvalue weighted by Crippen LogP contribution is 2.25. The number of para-hydroxylation sites is 1. The number of amides is 1. The number of rotatable bonds is 5. The van der Waals surface area contributed by atoms with E-state index in [0.717, 1.165) is 5.56 Å². The number of ether oxygens (including phenoxy) is 1. The first-order chi connectivity index (χ1) is 9.61. The molecule has 2 aromatic carbocycles. The number of primary amides is 1. The first-order valence-corrected chi connectivity index (χ1v) is 6.50. The van der Waals surface area contributed by atoms with Gasteiger partial charge in [0.25, 0.3) is 5.91 Å². The van der Waals surface area contributed by atoms with E-state index < -0.39 is 5.91 Å². The van der Waals surface area contributed by atoms with Crippen LogP contribution in [0.3, 0.4) is 0 Å². The molecule has 0 aromatic heterocycles. The smallest absolute Gasteiger partial charge is 0.252 e. The molecule has 0 aliphatic rings. The Bertz CT molecular complexity index is 599. The van der Waals surface area contributed by atoms with Gasteiger partial charge in [-0.15, -0.1) is 0 Å². The van der Waals surface area contributed by atoms with Gasteiger partial charge in [0.05, 0.1) is 5.56 Å². The van der Waals surface area contributed by atoms with Crippen molar-refractivity contribution >= 4 is 17.5 Å². The lowest BCUT2D eigenvalue weighted by Crippen LogP contribution is -2.20. The van der Waals surface area contributed by atoms with Crippen LogP contribution in [0.2, 0.25) is 5.02 Å². The standard InChI is InChI=1S/C15H15ClN2O2/c16-11-7-5-10(6-8-11)14(9-17)20-13-4-2-1-3-12(13)15(18)19/h1-8,14H,9,17H2,(H2,18,19). The third-order valence-corrected chi connectivity index (χ3v) is 3.13. The van der Waals surface area contributed by atoms with Crippen molar-refractivity contribution in [3.63, 3.8) is 0 Å². The lowest BCUT2D eigenvalue weighted by molar-refractivity contribution is 0.0993. The summed E-state index contributed by atoms with van der Waals surface area (Å²) < 4.78 is 5.81. The zero-order valence-electron chi connectivity index (χ0n) is 10.8. The lowest BCUT2D eigenvalue weighted by atomic mass is 10.1. The van der Waals surface area contributed by atoms with Crippen LogP contribution in [-0.2, 0) is 0 Å². The Hall–Kier alpha value is -2.04. The van der Waals surface area contributed by atoms with Crippen LogP contribution in [0.4, 0.5) is 0 Å². The van der Waals surface area contributed by atoms with Crippen LogP contribution in [0, 0.1) is 0 Å². The minimum absolute atomic E-state index is 0.273. The fraction of sp³-hybridized carbons (Fsp3) is 0.133. The highest BCUT2D eigenvalue weighted by atomic mass is 35.5. The summed E-state index contributed by atoms with van der Waals surface area (Å²) in [6, 6.07) is 14.0. The van der Waals surface area contributed by atoms with Gasteiger partial charge in [-0.3, -0.25) is 4.79 Å². The van der Waals surface area contributed by atoms with E-state index in [-0.39, 0.29) is 12.6 Å². The minimum Gasteiger partial charge on any atom is -0.484 e. The fourth-order valence-electron chi connectivity index (χ4n) is 1.86. The van der Waals surface area contributed by atoms with Gasteiger partial charge in [0.15, 0.2) is 0 Å². The zero-order chi connectivity index (χ0) is 14.5. The molecule has 1 atom stereocenters. The average Bonchev–Trinajstić information content (AvgIpc) is 2.46. The maximum absolute atomic E-state index is 11.4. The Morgan fingerprint density at radius 3 is 2.40 bits per heavy atom. The summed E-state index contributed by atoms with van der Waals surface area (Å²) >= 11 is 5.85. The predicted molar refractivity (Wildman–Crippen MR) is 78.8 cm³/mol. The normalized spacial score (nSPS) is 11.9. The van der Waals surface area contributed by atoms with Gasteiger partial charge in [-0.25, -0.2) is 0 Å². The maximum Gasteiger partial charge on any atom is 0.252 e. The second-order valence-electron chi connectivity index (χ2n) is 4.25. The van der Waals surface area contributed by atoms with E-state index >= 15 is 0 Å². The molecule has 0 aliphatic heterocycles. The molecule has 1 amide bonds. The van der Waals surface area contributed by atoms with Gasteiger partial charge in [0.1, 0.15) is 11.9 Å². The predicted octanol–water partition coefficient (Wildman–Crippen LogP) is 2.52. The monoisotopic (exact) mass is 290 g/mol. The second-order valence-corrected chi connectivity index (χ2v) is 4.69. The summed E-state index contributed by atoms with van der Waals surface area (Å²) in [7, 11) is 0. The van der Waals surface area contributed by atoms with Crippen LogP contribution in [0.1, 0.15) is 22.0 Å². The topological polar surface area (TPSA) is 78.3 Å². The van der Waals surface area contributed by atoms with Crippen molar-refractivity contribution in [2.75, 3.05) is 6.54 Å². The number of carbonyl (C=O) groups excluding carboxylic acids is 1. The Morgan fingerprint density at radius 2 is 1.80 bits per heavy atom. The molecule has 2 aromatic rings. The van der Waals surface area contributed by atoms with E-state index in [9.17, 15) is 4.79 Å². The van der Waals surface area contributed by atoms with Crippen LogP contribution in [0.15, 0.2) is 48.5 Å². The molecular weight excluding hydrogens is 276 g/mol. The molecule has 0 radical (unpaired) electrons. The molecular formula is C15H15ClN2O2. The van der Waals surface area contributed by atoms with Crippen molar-refractivity contribution < 1.29 is 9.53 Å². The quantitative estimate of drug-likeness (QED) is 0.888. The number of hydrogen-bond donors (Lipinski definition) is 2. The van der Waals surface area contributed by atoms with E-state index in [1.165, 1.54) is 0 Å². The summed E-state index contributed by atoms with van der Waals surface area (Å²) in [5.74, 6) is -0.113. The molecule has 5 heteroatoms. The highest BCUT2D eigenvalue weighted by molar-refractivity contribution is 6.30. The first kappa shape index (κ1) is 14.4.